The lowest BCUT2D eigenvalue weighted by atomic mass is 9.82. The molecule has 116 valence electrons. The molecule has 20 heavy (non-hydrogen) atoms. The summed E-state index contributed by atoms with van der Waals surface area (Å²) >= 11 is 0. The zero-order valence-corrected chi connectivity index (χ0v) is 13.6. The Balaban J connectivity index is 5.12. The molecule has 2 amide bonds. The van der Waals surface area contributed by atoms with Crippen LogP contribution in [-0.4, -0.2) is 17.4 Å². The smallest absolute Gasteiger partial charge is 0.224 e. The normalized spacial score (nSPS) is 14.4. The lowest BCUT2D eigenvalue weighted by Crippen LogP contribution is -2.47. The summed E-state index contributed by atoms with van der Waals surface area (Å²) in [6, 6.07) is 0. The van der Waals surface area contributed by atoms with Crippen molar-refractivity contribution in [3.63, 3.8) is 0 Å². The van der Waals surface area contributed by atoms with Gasteiger partial charge in [0.05, 0.1) is 5.92 Å². The van der Waals surface area contributed by atoms with Crippen molar-refractivity contribution in [2.75, 3.05) is 0 Å². The molecular formula is C16H30N2O2. The van der Waals surface area contributed by atoms with E-state index in [0.29, 0.717) is 12.8 Å². The predicted molar refractivity (Wildman–Crippen MR) is 83.0 cm³/mol. The van der Waals surface area contributed by atoms with Crippen LogP contribution in [0.1, 0.15) is 60.3 Å². The Hall–Kier alpha value is -1.32. The molecule has 3 N–H and O–H groups in total. The van der Waals surface area contributed by atoms with Gasteiger partial charge in [-0.05, 0) is 40.5 Å². The third kappa shape index (κ3) is 7.31. The van der Waals surface area contributed by atoms with Gasteiger partial charge in [0.25, 0.3) is 0 Å². The number of carbonyl (C=O) groups excluding carboxylic acids is 2. The van der Waals surface area contributed by atoms with E-state index >= 15 is 0 Å². The van der Waals surface area contributed by atoms with Crippen LogP contribution in [0.4, 0.5) is 0 Å². The third-order valence-corrected chi connectivity index (χ3v) is 3.12. The molecule has 0 radical (unpaired) electrons. The van der Waals surface area contributed by atoms with Crippen LogP contribution in [0.2, 0.25) is 0 Å². The molecular weight excluding hydrogens is 252 g/mol. The number of primary amides is 1. The summed E-state index contributed by atoms with van der Waals surface area (Å²) in [6.45, 7) is 13.6. The molecule has 0 spiro atoms. The molecule has 0 bridgehead atoms. The van der Waals surface area contributed by atoms with Gasteiger partial charge < -0.3 is 11.1 Å². The van der Waals surface area contributed by atoms with Crippen molar-refractivity contribution in [3.8, 4) is 0 Å². The second-order valence-corrected chi connectivity index (χ2v) is 6.66. The lowest BCUT2D eigenvalue weighted by molar-refractivity contribution is -0.134. The zero-order valence-electron chi connectivity index (χ0n) is 13.6. The second-order valence-electron chi connectivity index (χ2n) is 6.66. The summed E-state index contributed by atoms with van der Waals surface area (Å²) in [6.07, 6.45) is 3.02. The van der Waals surface area contributed by atoms with Crippen LogP contribution in [0.5, 0.6) is 0 Å². The van der Waals surface area contributed by atoms with Crippen molar-refractivity contribution in [2.24, 2.45) is 17.6 Å². The van der Waals surface area contributed by atoms with Crippen LogP contribution in [0.15, 0.2) is 12.2 Å². The largest absolute Gasteiger partial charge is 0.369 e. The fourth-order valence-electron chi connectivity index (χ4n) is 2.22. The molecule has 0 aliphatic carbocycles. The van der Waals surface area contributed by atoms with Crippen LogP contribution in [-0.2, 0) is 9.59 Å². The number of carbonyl (C=O) groups is 2. The maximum atomic E-state index is 12.4. The topological polar surface area (TPSA) is 72.2 Å². The van der Waals surface area contributed by atoms with E-state index < -0.39 is 17.7 Å². The molecule has 0 aromatic heterocycles. The van der Waals surface area contributed by atoms with Gasteiger partial charge in [-0.1, -0.05) is 25.3 Å². The number of hydrogen-bond donors (Lipinski definition) is 2. The molecule has 4 nitrogen and oxygen atoms in total. The van der Waals surface area contributed by atoms with Crippen LogP contribution < -0.4 is 11.1 Å². The number of rotatable bonds is 8. The number of hydrogen-bond acceptors (Lipinski definition) is 2. The average molecular weight is 282 g/mol. The Labute approximate surface area is 123 Å². The molecule has 0 aromatic carbocycles. The molecule has 0 aliphatic heterocycles. The van der Waals surface area contributed by atoms with Crippen molar-refractivity contribution in [3.05, 3.63) is 12.2 Å². The summed E-state index contributed by atoms with van der Waals surface area (Å²) in [5, 5.41) is 2.95. The fraction of sp³-hybridized carbons (Fsp3) is 0.750. The minimum absolute atomic E-state index is 0.111. The van der Waals surface area contributed by atoms with E-state index in [1.165, 1.54) is 0 Å². The highest BCUT2D eigenvalue weighted by molar-refractivity contribution is 5.87. The quantitative estimate of drug-likeness (QED) is 0.672. The van der Waals surface area contributed by atoms with Crippen molar-refractivity contribution < 1.29 is 9.59 Å². The van der Waals surface area contributed by atoms with Crippen LogP contribution in [0.25, 0.3) is 0 Å². The van der Waals surface area contributed by atoms with Gasteiger partial charge in [0.2, 0.25) is 11.8 Å². The predicted octanol–water partition coefficient (Wildman–Crippen LogP) is 2.78. The van der Waals surface area contributed by atoms with Gasteiger partial charge in [0.15, 0.2) is 0 Å². The molecule has 0 aliphatic rings. The van der Waals surface area contributed by atoms with Crippen LogP contribution in [0.3, 0.4) is 0 Å². The number of unbranched alkanes of at least 4 members (excludes halogenated alkanes) is 1. The molecule has 0 fully saturated rings. The first-order valence-electron chi connectivity index (χ1n) is 7.34. The van der Waals surface area contributed by atoms with E-state index in [1.54, 1.807) is 0 Å². The molecule has 2 atom stereocenters. The molecule has 0 saturated carbocycles. The Morgan fingerprint density at radius 3 is 2.15 bits per heavy atom. The monoisotopic (exact) mass is 282 g/mol. The number of amides is 2. The van der Waals surface area contributed by atoms with E-state index in [0.717, 1.165) is 18.4 Å². The van der Waals surface area contributed by atoms with Gasteiger partial charge in [0, 0.05) is 11.5 Å². The van der Waals surface area contributed by atoms with E-state index in [1.807, 2.05) is 27.7 Å². The first-order valence-corrected chi connectivity index (χ1v) is 7.34. The van der Waals surface area contributed by atoms with Crippen LogP contribution >= 0.6 is 0 Å². The Kier molecular flexibility index (Phi) is 7.54. The van der Waals surface area contributed by atoms with Crippen molar-refractivity contribution in [2.45, 2.75) is 65.8 Å². The van der Waals surface area contributed by atoms with Gasteiger partial charge in [-0.3, -0.25) is 9.59 Å². The SMILES string of the molecule is C=C(C)CC(C(=O)NC(C)(C)C)[C@H](CCCC)C(N)=O. The minimum atomic E-state index is -0.422. The summed E-state index contributed by atoms with van der Waals surface area (Å²) in [5.74, 6) is -1.35. The summed E-state index contributed by atoms with van der Waals surface area (Å²) in [5.41, 5.74) is 6.08. The summed E-state index contributed by atoms with van der Waals surface area (Å²) in [4.78, 5) is 24.2. The molecule has 0 heterocycles. The van der Waals surface area contributed by atoms with E-state index in [9.17, 15) is 9.59 Å². The van der Waals surface area contributed by atoms with Gasteiger partial charge >= 0.3 is 0 Å². The highest BCUT2D eigenvalue weighted by atomic mass is 16.2. The molecule has 4 heteroatoms. The first-order chi connectivity index (χ1) is 9.08. The molecule has 1 unspecified atom stereocenters. The zero-order chi connectivity index (χ0) is 15.9. The minimum Gasteiger partial charge on any atom is -0.369 e. The summed E-state index contributed by atoms with van der Waals surface area (Å²) < 4.78 is 0. The Morgan fingerprint density at radius 1 is 1.25 bits per heavy atom. The lowest BCUT2D eigenvalue weighted by Gasteiger charge is -2.29. The average Bonchev–Trinajstić information content (AvgIpc) is 2.24. The highest BCUT2D eigenvalue weighted by Crippen LogP contribution is 2.25. The van der Waals surface area contributed by atoms with Crippen molar-refractivity contribution >= 4 is 11.8 Å². The maximum Gasteiger partial charge on any atom is 0.224 e. The molecule has 0 rings (SSSR count). The number of allylic oxidation sites excluding steroid dienone is 1. The Bertz CT molecular complexity index is 356. The van der Waals surface area contributed by atoms with Gasteiger partial charge in [-0.2, -0.15) is 0 Å². The van der Waals surface area contributed by atoms with Crippen molar-refractivity contribution in [1.29, 1.82) is 0 Å². The fourth-order valence-corrected chi connectivity index (χ4v) is 2.22. The highest BCUT2D eigenvalue weighted by Gasteiger charge is 2.33. The van der Waals surface area contributed by atoms with E-state index in [4.69, 9.17) is 5.73 Å². The van der Waals surface area contributed by atoms with Crippen LogP contribution in [0, 0.1) is 11.8 Å². The van der Waals surface area contributed by atoms with Crippen molar-refractivity contribution in [1.82, 2.24) is 5.32 Å². The standard InChI is InChI=1S/C16H30N2O2/c1-7-8-9-12(14(17)19)13(10-11(2)3)15(20)18-16(4,5)6/h12-13H,2,7-10H2,1,3-6H3,(H2,17,19)(H,18,20)/t12-,13?/m0/s1. The summed E-state index contributed by atoms with van der Waals surface area (Å²) in [7, 11) is 0. The molecule has 0 saturated heterocycles. The van der Waals surface area contributed by atoms with E-state index in [-0.39, 0.29) is 11.4 Å². The molecule has 0 aromatic rings. The first kappa shape index (κ1) is 18.7. The second kappa shape index (κ2) is 8.08. The van der Waals surface area contributed by atoms with Gasteiger partial charge in [-0.15, -0.1) is 6.58 Å². The maximum absolute atomic E-state index is 12.4. The van der Waals surface area contributed by atoms with Gasteiger partial charge in [0.1, 0.15) is 0 Å². The third-order valence-electron chi connectivity index (χ3n) is 3.12. The number of nitrogens with two attached hydrogens (primary N) is 1. The van der Waals surface area contributed by atoms with Gasteiger partial charge in [-0.25, -0.2) is 0 Å². The van der Waals surface area contributed by atoms with E-state index in [2.05, 4.69) is 18.8 Å². The Morgan fingerprint density at radius 2 is 1.80 bits per heavy atom. The number of nitrogens with one attached hydrogen (secondary N) is 1.